The Labute approximate surface area is 207 Å². The third-order valence-electron chi connectivity index (χ3n) is 6.23. The van der Waals surface area contributed by atoms with E-state index in [1.54, 1.807) is 12.1 Å². The average Bonchev–Trinajstić information content (AvgIpc) is 2.85. The number of aryl methyl sites for hydroxylation is 2. The van der Waals surface area contributed by atoms with Gasteiger partial charge >= 0.3 is 0 Å². The lowest BCUT2D eigenvalue weighted by Crippen LogP contribution is -2.39. The topological polar surface area (TPSA) is 27.1 Å². The molecule has 0 amide bonds. The lowest BCUT2D eigenvalue weighted by molar-refractivity contribution is 0.264. The number of rotatable bonds is 5. The Kier molecular flexibility index (Phi) is 12.3. The fraction of sp³-hybridized carbons (Fsp3) is 0.387. The molecule has 2 nitrogen and oxygen atoms in total. The van der Waals surface area contributed by atoms with Crippen LogP contribution in [0.1, 0.15) is 68.4 Å². The van der Waals surface area contributed by atoms with E-state index in [1.807, 2.05) is 39.8 Å². The summed E-state index contributed by atoms with van der Waals surface area (Å²) >= 11 is 0. The fourth-order valence-electron chi connectivity index (χ4n) is 4.51. The molecule has 3 rings (SSSR count). The van der Waals surface area contributed by atoms with Crippen molar-refractivity contribution >= 4 is 11.4 Å². The number of benzene rings is 2. The number of allylic oxidation sites excluding steroid dienone is 3. The number of nitrogens with one attached hydrogen (secondary N) is 1. The van der Waals surface area contributed by atoms with Crippen molar-refractivity contribution in [3.63, 3.8) is 0 Å². The van der Waals surface area contributed by atoms with Crippen molar-refractivity contribution in [2.45, 2.75) is 60.8 Å². The Bertz CT molecular complexity index is 977. The van der Waals surface area contributed by atoms with Gasteiger partial charge < -0.3 is 4.90 Å². The molecule has 0 aliphatic carbocycles. The molecule has 1 fully saturated rings. The smallest absolute Gasteiger partial charge is 0.128 e. The van der Waals surface area contributed by atoms with E-state index >= 15 is 0 Å². The summed E-state index contributed by atoms with van der Waals surface area (Å²) in [7, 11) is 0. The van der Waals surface area contributed by atoms with Crippen LogP contribution in [0, 0.1) is 31.0 Å². The van der Waals surface area contributed by atoms with E-state index in [0.29, 0.717) is 11.8 Å². The normalized spacial score (nSPS) is 13.9. The van der Waals surface area contributed by atoms with Gasteiger partial charge in [-0.25, -0.2) is 4.39 Å². The number of hydrogen-bond acceptors (Lipinski definition) is 1. The first-order valence-electron chi connectivity index (χ1n) is 12.3. The molecule has 2 aromatic rings. The van der Waals surface area contributed by atoms with E-state index in [9.17, 15) is 4.39 Å². The second kappa shape index (κ2) is 14.3. The van der Waals surface area contributed by atoms with E-state index in [2.05, 4.69) is 56.7 Å². The number of halogens is 1. The van der Waals surface area contributed by atoms with Crippen LogP contribution in [-0.2, 0) is 6.42 Å². The van der Waals surface area contributed by atoms with E-state index in [-0.39, 0.29) is 5.82 Å². The molecule has 1 saturated heterocycles. The molecule has 1 N–H and O–H groups in total. The minimum absolute atomic E-state index is 0.178. The molecular formula is C31H43FN2. The first-order chi connectivity index (χ1) is 16.3. The first kappa shape index (κ1) is 29.1. The number of hydrogen-bond donors (Lipinski definition) is 1. The van der Waals surface area contributed by atoms with Gasteiger partial charge in [0, 0.05) is 18.7 Å². The van der Waals surface area contributed by atoms with E-state index in [4.69, 9.17) is 5.41 Å². The highest BCUT2D eigenvalue weighted by atomic mass is 19.1. The Morgan fingerprint density at radius 3 is 2.06 bits per heavy atom. The van der Waals surface area contributed by atoms with Crippen LogP contribution in [0.3, 0.4) is 0 Å². The molecule has 1 aliphatic rings. The van der Waals surface area contributed by atoms with Crippen LogP contribution in [0.5, 0.6) is 0 Å². The standard InChI is InChI=1S/C27H33FN2.C2H6.C2H4/c1-6-24(18(2)3)25-17-26(20(5)15-19(25)4)27(29)30-13-11-22(12-14-30)16-21-7-9-23(28)10-8-21;2*1-2/h6-10,15,17,22,29H,2,11-14,16H2,1,3-5H3;1-2H3;1-2H2/b24-6-,29-27?;;. The summed E-state index contributed by atoms with van der Waals surface area (Å²) in [6.07, 6.45) is 5.21. The SMILES string of the molecule is C=C.C=C(C)/C(=C/C)c1cc(C(=N)N2CCC(Cc3ccc(F)cc3)CC2)c(C)cc1C.CC. The second-order valence-electron chi connectivity index (χ2n) is 8.57. The zero-order valence-electron chi connectivity index (χ0n) is 22.1. The van der Waals surface area contributed by atoms with Gasteiger partial charge in [0.25, 0.3) is 0 Å². The predicted octanol–water partition coefficient (Wildman–Crippen LogP) is 8.53. The summed E-state index contributed by atoms with van der Waals surface area (Å²) in [4.78, 5) is 2.21. The Hall–Kier alpha value is -2.94. The third kappa shape index (κ3) is 7.55. The van der Waals surface area contributed by atoms with Crippen LogP contribution in [0.2, 0.25) is 0 Å². The summed E-state index contributed by atoms with van der Waals surface area (Å²) in [5, 5.41) is 8.89. The van der Waals surface area contributed by atoms with Crippen LogP contribution in [0.25, 0.3) is 5.57 Å². The Morgan fingerprint density at radius 1 is 1.03 bits per heavy atom. The largest absolute Gasteiger partial charge is 0.357 e. The maximum absolute atomic E-state index is 13.1. The minimum atomic E-state index is -0.178. The van der Waals surface area contributed by atoms with Gasteiger partial charge in [-0.05, 0) is 98.9 Å². The summed E-state index contributed by atoms with van der Waals surface area (Å²) < 4.78 is 13.1. The summed E-state index contributed by atoms with van der Waals surface area (Å²) in [5.41, 5.74) is 7.94. The van der Waals surface area contributed by atoms with Crippen molar-refractivity contribution < 1.29 is 4.39 Å². The summed E-state index contributed by atoms with van der Waals surface area (Å²) in [6.45, 7) is 24.2. The van der Waals surface area contributed by atoms with Gasteiger partial charge in [0.2, 0.25) is 0 Å². The lowest BCUT2D eigenvalue weighted by atomic mass is 9.88. The van der Waals surface area contributed by atoms with Crippen LogP contribution >= 0.6 is 0 Å². The van der Waals surface area contributed by atoms with Crippen molar-refractivity contribution in [2.24, 2.45) is 5.92 Å². The minimum Gasteiger partial charge on any atom is -0.357 e. The molecule has 0 saturated carbocycles. The molecule has 0 bridgehead atoms. The van der Waals surface area contributed by atoms with Crippen LogP contribution < -0.4 is 0 Å². The molecule has 3 heteroatoms. The third-order valence-corrected chi connectivity index (χ3v) is 6.23. The van der Waals surface area contributed by atoms with Crippen molar-refractivity contribution in [1.82, 2.24) is 4.90 Å². The summed E-state index contributed by atoms with van der Waals surface area (Å²) in [6, 6.07) is 11.2. The number of amidine groups is 1. The van der Waals surface area contributed by atoms with Crippen molar-refractivity contribution in [2.75, 3.05) is 13.1 Å². The van der Waals surface area contributed by atoms with Crippen molar-refractivity contribution in [3.8, 4) is 0 Å². The average molecular weight is 463 g/mol. The van der Waals surface area contributed by atoms with E-state index in [0.717, 1.165) is 54.6 Å². The molecule has 2 aromatic carbocycles. The van der Waals surface area contributed by atoms with E-state index in [1.165, 1.54) is 16.7 Å². The molecule has 0 atom stereocenters. The molecular weight excluding hydrogens is 419 g/mol. The monoisotopic (exact) mass is 462 g/mol. The highest BCUT2D eigenvalue weighted by Gasteiger charge is 2.23. The number of likely N-dealkylation sites (tertiary alicyclic amines) is 1. The number of nitrogens with zero attached hydrogens (tertiary/aromatic N) is 1. The first-order valence-corrected chi connectivity index (χ1v) is 12.3. The maximum atomic E-state index is 13.1. The van der Waals surface area contributed by atoms with Gasteiger partial charge in [-0.2, -0.15) is 0 Å². The van der Waals surface area contributed by atoms with E-state index < -0.39 is 0 Å². The van der Waals surface area contributed by atoms with Gasteiger partial charge in [0.05, 0.1) is 0 Å². The molecule has 0 aromatic heterocycles. The predicted molar refractivity (Wildman–Crippen MR) is 148 cm³/mol. The highest BCUT2D eigenvalue weighted by molar-refractivity contribution is 5.99. The molecule has 0 unspecified atom stereocenters. The molecule has 0 spiro atoms. The van der Waals surface area contributed by atoms with Crippen molar-refractivity contribution in [1.29, 1.82) is 5.41 Å². The Balaban J connectivity index is 0.00000137. The zero-order chi connectivity index (χ0) is 25.8. The van der Waals surface area contributed by atoms with Gasteiger partial charge in [-0.1, -0.05) is 50.3 Å². The van der Waals surface area contributed by atoms with Gasteiger partial charge in [-0.15, -0.1) is 13.2 Å². The molecule has 184 valence electrons. The summed E-state index contributed by atoms with van der Waals surface area (Å²) in [5.74, 6) is 1.03. The molecule has 1 aliphatic heterocycles. The lowest BCUT2D eigenvalue weighted by Gasteiger charge is -2.34. The Morgan fingerprint density at radius 2 is 1.56 bits per heavy atom. The molecule has 0 radical (unpaired) electrons. The van der Waals surface area contributed by atoms with Crippen LogP contribution in [0.4, 0.5) is 4.39 Å². The van der Waals surface area contributed by atoms with Crippen LogP contribution in [-0.4, -0.2) is 23.8 Å². The molecule has 34 heavy (non-hydrogen) atoms. The second-order valence-corrected chi connectivity index (χ2v) is 8.57. The highest BCUT2D eigenvalue weighted by Crippen LogP contribution is 2.29. The van der Waals surface area contributed by atoms with Crippen molar-refractivity contribution in [3.05, 3.63) is 101 Å². The van der Waals surface area contributed by atoms with Gasteiger partial charge in [0.15, 0.2) is 0 Å². The van der Waals surface area contributed by atoms with Crippen LogP contribution in [0.15, 0.2) is 67.8 Å². The van der Waals surface area contributed by atoms with Gasteiger partial charge in [-0.3, -0.25) is 5.41 Å². The fourth-order valence-corrected chi connectivity index (χ4v) is 4.51. The zero-order valence-corrected chi connectivity index (χ0v) is 22.1. The molecule has 1 heterocycles. The quantitative estimate of drug-likeness (QED) is 0.205. The maximum Gasteiger partial charge on any atom is 0.128 e. The number of piperidine rings is 1. The van der Waals surface area contributed by atoms with Gasteiger partial charge in [0.1, 0.15) is 11.7 Å².